The predicted molar refractivity (Wildman–Crippen MR) is 115 cm³/mol. The Balaban J connectivity index is 2.05. The van der Waals surface area contributed by atoms with E-state index in [9.17, 15) is 13.2 Å². The Morgan fingerprint density at radius 3 is 2.17 bits per heavy atom. The van der Waals surface area contributed by atoms with Crippen molar-refractivity contribution in [3.05, 3.63) is 94.3 Å². The molecule has 0 aliphatic heterocycles. The van der Waals surface area contributed by atoms with E-state index in [0.717, 1.165) is 16.8 Å². The highest BCUT2D eigenvalue weighted by atomic mass is 32.2. The largest absolute Gasteiger partial charge is 0.345 e. The summed E-state index contributed by atoms with van der Waals surface area (Å²) in [4.78, 5) is 13.1. The Morgan fingerprint density at radius 2 is 1.62 bits per heavy atom. The van der Waals surface area contributed by atoms with Crippen LogP contribution < -0.4 is 5.14 Å². The van der Waals surface area contributed by atoms with Crippen molar-refractivity contribution in [1.29, 1.82) is 0 Å². The first kappa shape index (κ1) is 21.0. The molecule has 6 heteroatoms. The van der Waals surface area contributed by atoms with Crippen molar-refractivity contribution in [2.24, 2.45) is 12.2 Å². The molecule has 1 aromatic heterocycles. The van der Waals surface area contributed by atoms with Gasteiger partial charge >= 0.3 is 0 Å². The van der Waals surface area contributed by atoms with Crippen LogP contribution in [0.15, 0.2) is 60.7 Å². The summed E-state index contributed by atoms with van der Waals surface area (Å²) in [6.45, 7) is 5.46. The van der Waals surface area contributed by atoms with Crippen molar-refractivity contribution in [3.8, 4) is 0 Å². The Kier molecular flexibility index (Phi) is 5.52. The van der Waals surface area contributed by atoms with E-state index in [-0.39, 0.29) is 12.2 Å². The van der Waals surface area contributed by atoms with Gasteiger partial charge in [-0.3, -0.25) is 4.79 Å². The summed E-state index contributed by atoms with van der Waals surface area (Å²) in [5.41, 5.74) is 4.39. The number of nitrogens with zero attached hydrogens (tertiary/aromatic N) is 1. The van der Waals surface area contributed by atoms with Gasteiger partial charge in [0.05, 0.1) is 5.69 Å². The van der Waals surface area contributed by atoms with Gasteiger partial charge in [-0.1, -0.05) is 60.2 Å². The Labute approximate surface area is 172 Å². The summed E-state index contributed by atoms with van der Waals surface area (Å²) in [6, 6.07) is 18.2. The first-order chi connectivity index (χ1) is 13.5. The SMILES string of the molecule is Cc1ccc(C(=O)c2c(C)cc(CC(C)(c3ccccc3)S(N)(=O)=O)n2C)cc1. The maximum absolute atomic E-state index is 13.1. The molecule has 152 valence electrons. The molecule has 3 rings (SSSR count). The molecule has 2 N–H and O–H groups in total. The number of hydrogen-bond donors (Lipinski definition) is 1. The minimum absolute atomic E-state index is 0.0896. The molecular weight excluding hydrogens is 384 g/mol. The van der Waals surface area contributed by atoms with Crippen LogP contribution in [0, 0.1) is 13.8 Å². The molecule has 1 unspecified atom stereocenters. The topological polar surface area (TPSA) is 82.2 Å². The van der Waals surface area contributed by atoms with Crippen LogP contribution in [-0.2, 0) is 28.2 Å². The zero-order valence-electron chi connectivity index (χ0n) is 17.1. The van der Waals surface area contributed by atoms with Gasteiger partial charge in [0.1, 0.15) is 4.75 Å². The number of aryl methyl sites for hydroxylation is 2. The average Bonchev–Trinajstić information content (AvgIpc) is 2.94. The number of carbonyl (C=O) groups excluding carboxylic acids is 1. The molecule has 5 nitrogen and oxygen atoms in total. The van der Waals surface area contributed by atoms with E-state index < -0.39 is 14.8 Å². The summed E-state index contributed by atoms with van der Waals surface area (Å²) in [7, 11) is -2.12. The Morgan fingerprint density at radius 1 is 1.03 bits per heavy atom. The van der Waals surface area contributed by atoms with E-state index in [4.69, 9.17) is 5.14 Å². The number of primary sulfonamides is 1. The molecule has 2 aromatic carbocycles. The van der Waals surface area contributed by atoms with Crippen LogP contribution in [0.5, 0.6) is 0 Å². The summed E-state index contributed by atoms with van der Waals surface area (Å²) in [5, 5.41) is 5.65. The molecule has 0 saturated heterocycles. The van der Waals surface area contributed by atoms with E-state index in [2.05, 4.69) is 0 Å². The molecule has 0 bridgehead atoms. The van der Waals surface area contributed by atoms with Gasteiger partial charge in [0.25, 0.3) is 0 Å². The first-order valence-corrected chi connectivity index (χ1v) is 10.9. The zero-order chi connectivity index (χ0) is 21.4. The lowest BCUT2D eigenvalue weighted by atomic mass is 9.95. The first-order valence-electron chi connectivity index (χ1n) is 9.39. The molecule has 3 aromatic rings. The van der Waals surface area contributed by atoms with Crippen molar-refractivity contribution >= 4 is 15.8 Å². The third-order valence-electron chi connectivity index (χ3n) is 5.58. The van der Waals surface area contributed by atoms with Gasteiger partial charge in [-0.15, -0.1) is 0 Å². The lowest BCUT2D eigenvalue weighted by Crippen LogP contribution is -2.40. The lowest BCUT2D eigenvalue weighted by molar-refractivity contribution is 0.103. The normalized spacial score (nSPS) is 13.8. The fourth-order valence-corrected chi connectivity index (χ4v) is 4.48. The molecular formula is C23H26N2O3S. The highest BCUT2D eigenvalue weighted by molar-refractivity contribution is 7.90. The molecule has 1 atom stereocenters. The standard InChI is InChI=1S/C23H26N2O3S/c1-16-10-12-18(13-11-16)22(26)21-17(2)14-20(25(21)4)15-23(3,29(24,27)28)19-8-6-5-7-9-19/h5-14H,15H2,1-4H3,(H2,24,27,28). The number of hydrogen-bond acceptors (Lipinski definition) is 3. The number of aromatic nitrogens is 1. The van der Waals surface area contributed by atoms with Crippen molar-refractivity contribution in [2.45, 2.75) is 31.9 Å². The summed E-state index contributed by atoms with van der Waals surface area (Å²) >= 11 is 0. The van der Waals surface area contributed by atoms with Crippen LogP contribution >= 0.6 is 0 Å². The molecule has 0 fully saturated rings. The smallest absolute Gasteiger partial charge is 0.219 e. The monoisotopic (exact) mass is 410 g/mol. The summed E-state index contributed by atoms with van der Waals surface area (Å²) < 4.78 is 25.6. The van der Waals surface area contributed by atoms with Crippen LogP contribution in [0.4, 0.5) is 0 Å². The van der Waals surface area contributed by atoms with E-state index in [1.807, 2.05) is 50.2 Å². The van der Waals surface area contributed by atoms with Gasteiger partial charge in [0.2, 0.25) is 15.8 Å². The average molecular weight is 411 g/mol. The zero-order valence-corrected chi connectivity index (χ0v) is 18.0. The minimum Gasteiger partial charge on any atom is -0.345 e. The van der Waals surface area contributed by atoms with Crippen LogP contribution in [0.2, 0.25) is 0 Å². The van der Waals surface area contributed by atoms with E-state index in [0.29, 0.717) is 16.8 Å². The molecule has 0 spiro atoms. The number of carbonyl (C=O) groups is 1. The van der Waals surface area contributed by atoms with Crippen LogP contribution in [0.25, 0.3) is 0 Å². The Hall–Kier alpha value is -2.70. The van der Waals surface area contributed by atoms with Gasteiger partial charge < -0.3 is 4.57 Å². The van der Waals surface area contributed by atoms with Crippen molar-refractivity contribution in [2.75, 3.05) is 0 Å². The highest BCUT2D eigenvalue weighted by Crippen LogP contribution is 2.33. The molecule has 1 heterocycles. The second-order valence-corrected chi connectivity index (χ2v) is 9.73. The number of benzene rings is 2. The fourth-order valence-electron chi connectivity index (χ4n) is 3.67. The second-order valence-electron chi connectivity index (χ2n) is 7.74. The number of sulfonamides is 1. The maximum atomic E-state index is 13.1. The molecule has 0 saturated carbocycles. The predicted octanol–water partition coefficient (Wildman–Crippen LogP) is 3.62. The third-order valence-corrected chi connectivity index (χ3v) is 7.22. The quantitative estimate of drug-likeness (QED) is 0.630. The highest BCUT2D eigenvalue weighted by Gasteiger charge is 2.39. The number of ketones is 1. The van der Waals surface area contributed by atoms with Crippen LogP contribution in [0.3, 0.4) is 0 Å². The van der Waals surface area contributed by atoms with Crippen molar-refractivity contribution in [1.82, 2.24) is 4.57 Å². The van der Waals surface area contributed by atoms with Crippen LogP contribution in [-0.4, -0.2) is 18.8 Å². The maximum Gasteiger partial charge on any atom is 0.219 e. The van der Waals surface area contributed by atoms with E-state index in [1.54, 1.807) is 42.8 Å². The third kappa shape index (κ3) is 3.91. The van der Waals surface area contributed by atoms with Gasteiger partial charge in [0.15, 0.2) is 0 Å². The van der Waals surface area contributed by atoms with Crippen LogP contribution in [0.1, 0.15) is 45.4 Å². The van der Waals surface area contributed by atoms with Crippen molar-refractivity contribution < 1.29 is 13.2 Å². The molecule has 0 amide bonds. The molecule has 0 aliphatic carbocycles. The second kappa shape index (κ2) is 7.61. The Bertz CT molecular complexity index is 1150. The number of nitrogens with two attached hydrogens (primary N) is 1. The summed E-state index contributed by atoms with van der Waals surface area (Å²) in [5.74, 6) is -0.0896. The number of rotatable bonds is 6. The van der Waals surface area contributed by atoms with Gasteiger partial charge in [-0.05, 0) is 38.0 Å². The van der Waals surface area contributed by atoms with Gasteiger partial charge in [0, 0.05) is 24.7 Å². The molecule has 0 aliphatic rings. The fraction of sp³-hybridized carbons (Fsp3) is 0.261. The molecule has 29 heavy (non-hydrogen) atoms. The van der Waals surface area contributed by atoms with E-state index in [1.165, 1.54) is 0 Å². The summed E-state index contributed by atoms with van der Waals surface area (Å²) in [6.07, 6.45) is 0.161. The molecule has 0 radical (unpaired) electrons. The minimum atomic E-state index is -3.91. The van der Waals surface area contributed by atoms with Crippen molar-refractivity contribution in [3.63, 3.8) is 0 Å². The van der Waals surface area contributed by atoms with Gasteiger partial charge in [-0.25, -0.2) is 13.6 Å². The van der Waals surface area contributed by atoms with Gasteiger partial charge in [-0.2, -0.15) is 0 Å². The lowest BCUT2D eigenvalue weighted by Gasteiger charge is -2.28. The van der Waals surface area contributed by atoms with E-state index >= 15 is 0 Å².